The molecule has 3 unspecified atom stereocenters. The normalized spacial score (nSPS) is 14.4. The van der Waals surface area contributed by atoms with Gasteiger partial charge in [-0.25, -0.2) is 4.57 Å². The molecule has 0 rings (SSSR count). The Bertz CT molecular complexity index is 1020. The Morgan fingerprint density at radius 1 is 0.571 bits per heavy atom. The smallest absolute Gasteiger partial charge is 0.387 e. The van der Waals surface area contributed by atoms with Crippen molar-refractivity contribution in [3.05, 3.63) is 48.6 Å². The van der Waals surface area contributed by atoms with Crippen LogP contribution in [0.4, 0.5) is 0 Å². The highest BCUT2D eigenvalue weighted by molar-refractivity contribution is 7.47. The van der Waals surface area contributed by atoms with Crippen LogP contribution in [0.15, 0.2) is 48.6 Å². The fourth-order valence-corrected chi connectivity index (χ4v) is 7.33. The van der Waals surface area contributed by atoms with E-state index in [-0.39, 0.29) is 25.7 Å². The van der Waals surface area contributed by atoms with Crippen molar-refractivity contribution in [2.24, 2.45) is 5.73 Å². The zero-order chi connectivity index (χ0) is 41.1. The monoisotopic (exact) mass is 809 g/mol. The van der Waals surface area contributed by atoms with Crippen molar-refractivity contribution in [2.45, 2.75) is 225 Å². The van der Waals surface area contributed by atoms with Gasteiger partial charge in [-0.2, -0.15) is 0 Å². The lowest BCUT2D eigenvalue weighted by atomic mass is 10.0. The highest BCUT2D eigenvalue weighted by Gasteiger charge is 2.26. The lowest BCUT2D eigenvalue weighted by Gasteiger charge is -2.23. The summed E-state index contributed by atoms with van der Waals surface area (Å²) in [4.78, 5) is 22.7. The zero-order valence-corrected chi connectivity index (χ0v) is 37.3. The largest absolute Gasteiger partial charge is 0.472 e. The van der Waals surface area contributed by atoms with E-state index in [4.69, 9.17) is 14.8 Å². The number of hydrogen-bond acceptors (Lipinski definition) is 6. The molecule has 0 bridgehead atoms. The zero-order valence-electron chi connectivity index (χ0n) is 36.4. The molecule has 0 aliphatic carbocycles. The first-order valence-electron chi connectivity index (χ1n) is 23.3. The predicted octanol–water partition coefficient (Wildman–Crippen LogP) is 13.3. The Balaban J connectivity index is 4.21. The van der Waals surface area contributed by atoms with E-state index in [0.29, 0.717) is 6.42 Å². The number of nitrogens with two attached hydrogens (primary N) is 1. The number of allylic oxidation sites excluding steroid dienone is 7. The first-order valence-corrected chi connectivity index (χ1v) is 24.8. The van der Waals surface area contributed by atoms with Gasteiger partial charge in [-0.15, -0.1) is 0 Å². The second kappa shape index (κ2) is 43.0. The number of amides is 1. The van der Waals surface area contributed by atoms with Crippen LogP contribution in [0.1, 0.15) is 213 Å². The standard InChI is InChI=1S/C47H89N2O6P/c1-3-5-7-9-11-13-15-17-19-21-22-23-24-25-27-29-31-33-35-37-39-41-47(51)49-45(44-55-56(52,53)54-43-42-48)46(50)40-38-36-34-32-30-28-26-20-18-16-14-12-10-8-6-4-2/h18,20-22,30,32,38,40,45-46,50H,3-17,19,23-29,31,33-37,39,41-44,48H2,1-2H3,(H,49,51)(H,52,53)/b20-18+,22-21-,32-30+,40-38+. The minimum Gasteiger partial charge on any atom is -0.387 e. The third-order valence-electron chi connectivity index (χ3n) is 10.1. The molecule has 0 saturated carbocycles. The topological polar surface area (TPSA) is 131 Å². The molecular formula is C47H89N2O6P. The van der Waals surface area contributed by atoms with Crippen LogP contribution >= 0.6 is 7.82 Å². The highest BCUT2D eigenvalue weighted by atomic mass is 31.2. The lowest BCUT2D eigenvalue weighted by Crippen LogP contribution is -2.45. The van der Waals surface area contributed by atoms with Crippen LogP contribution in [0.25, 0.3) is 0 Å². The fraction of sp³-hybridized carbons (Fsp3) is 0.809. The van der Waals surface area contributed by atoms with Gasteiger partial charge in [0.15, 0.2) is 0 Å². The van der Waals surface area contributed by atoms with E-state index in [2.05, 4.69) is 55.6 Å². The first kappa shape index (κ1) is 54.5. The lowest BCUT2D eigenvalue weighted by molar-refractivity contribution is -0.123. The maximum atomic E-state index is 12.8. The van der Waals surface area contributed by atoms with Gasteiger partial charge >= 0.3 is 7.82 Å². The van der Waals surface area contributed by atoms with E-state index in [1.807, 2.05) is 6.08 Å². The van der Waals surface area contributed by atoms with Crippen LogP contribution in [-0.2, 0) is 18.4 Å². The van der Waals surface area contributed by atoms with Gasteiger partial charge in [0.2, 0.25) is 5.91 Å². The molecule has 0 aromatic carbocycles. The summed E-state index contributed by atoms with van der Waals surface area (Å²) in [5.74, 6) is -0.211. The number of aliphatic hydroxyl groups is 1. The number of nitrogens with one attached hydrogen (secondary N) is 1. The summed E-state index contributed by atoms with van der Waals surface area (Å²) in [7, 11) is -4.35. The summed E-state index contributed by atoms with van der Waals surface area (Å²) in [5, 5.41) is 13.7. The van der Waals surface area contributed by atoms with Crippen LogP contribution < -0.4 is 11.1 Å². The predicted molar refractivity (Wildman–Crippen MR) is 240 cm³/mol. The quantitative estimate of drug-likeness (QED) is 0.0274. The summed E-state index contributed by atoms with van der Waals surface area (Å²) >= 11 is 0. The third kappa shape index (κ3) is 40.6. The molecule has 9 heteroatoms. The van der Waals surface area contributed by atoms with Gasteiger partial charge in [0.1, 0.15) is 0 Å². The molecule has 0 heterocycles. The van der Waals surface area contributed by atoms with E-state index in [9.17, 15) is 19.4 Å². The number of rotatable bonds is 43. The van der Waals surface area contributed by atoms with E-state index in [0.717, 1.165) is 44.9 Å². The summed E-state index contributed by atoms with van der Waals surface area (Å²) < 4.78 is 22.1. The molecule has 56 heavy (non-hydrogen) atoms. The van der Waals surface area contributed by atoms with Gasteiger partial charge in [-0.3, -0.25) is 13.8 Å². The van der Waals surface area contributed by atoms with E-state index >= 15 is 0 Å². The van der Waals surface area contributed by atoms with E-state index < -0.39 is 20.0 Å². The molecular weight excluding hydrogens is 719 g/mol. The number of carbonyl (C=O) groups excluding carboxylic acids is 1. The average molecular weight is 809 g/mol. The second-order valence-corrected chi connectivity index (χ2v) is 17.0. The molecule has 0 aliphatic heterocycles. The Morgan fingerprint density at radius 2 is 0.946 bits per heavy atom. The molecule has 0 aliphatic rings. The maximum Gasteiger partial charge on any atom is 0.472 e. The summed E-state index contributed by atoms with van der Waals surface area (Å²) in [6.45, 7) is 4.10. The van der Waals surface area contributed by atoms with E-state index in [1.165, 1.54) is 148 Å². The van der Waals surface area contributed by atoms with Gasteiger partial charge in [-0.05, 0) is 70.6 Å². The van der Waals surface area contributed by atoms with Gasteiger partial charge in [0, 0.05) is 13.0 Å². The van der Waals surface area contributed by atoms with Crippen molar-refractivity contribution >= 4 is 13.7 Å². The molecule has 0 saturated heterocycles. The molecule has 5 N–H and O–H groups in total. The molecule has 328 valence electrons. The van der Waals surface area contributed by atoms with Crippen molar-refractivity contribution in [3.8, 4) is 0 Å². The van der Waals surface area contributed by atoms with Crippen molar-refractivity contribution in [3.63, 3.8) is 0 Å². The minimum absolute atomic E-state index is 0.0706. The summed E-state index contributed by atoms with van der Waals surface area (Å²) in [5.41, 5.74) is 5.37. The first-order chi connectivity index (χ1) is 27.4. The molecule has 0 aromatic heterocycles. The Kier molecular flexibility index (Phi) is 41.9. The third-order valence-corrected chi connectivity index (χ3v) is 11.1. The minimum atomic E-state index is -4.35. The van der Waals surface area contributed by atoms with Gasteiger partial charge in [-0.1, -0.05) is 184 Å². The van der Waals surface area contributed by atoms with Crippen LogP contribution in [-0.4, -0.2) is 47.8 Å². The SMILES string of the molecule is CCCCCCCC/C=C/CC/C=C/CC/C=C/C(O)C(COP(=O)(O)OCCN)NC(=O)CCCCCCCCCCC/C=C\CCCCCCCCCC. The Labute approximate surface area is 345 Å². The number of unbranched alkanes of at least 4 members (excludes halogenated alkanes) is 25. The number of hydrogen-bond donors (Lipinski definition) is 4. The van der Waals surface area contributed by atoms with Crippen molar-refractivity contribution in [2.75, 3.05) is 19.8 Å². The Hall–Kier alpha value is -1.54. The van der Waals surface area contributed by atoms with Crippen LogP contribution in [0.5, 0.6) is 0 Å². The number of phosphoric ester groups is 1. The van der Waals surface area contributed by atoms with Crippen molar-refractivity contribution in [1.29, 1.82) is 0 Å². The van der Waals surface area contributed by atoms with Crippen molar-refractivity contribution in [1.82, 2.24) is 5.32 Å². The molecule has 0 spiro atoms. The number of aliphatic hydroxyl groups excluding tert-OH is 1. The average Bonchev–Trinajstić information content (AvgIpc) is 3.19. The maximum absolute atomic E-state index is 12.8. The second-order valence-electron chi connectivity index (χ2n) is 15.6. The van der Waals surface area contributed by atoms with Gasteiger partial charge in [0.25, 0.3) is 0 Å². The Morgan fingerprint density at radius 3 is 1.38 bits per heavy atom. The highest BCUT2D eigenvalue weighted by Crippen LogP contribution is 2.43. The molecule has 1 amide bonds. The molecule has 0 aromatic rings. The molecule has 8 nitrogen and oxygen atoms in total. The number of carbonyl (C=O) groups is 1. The van der Waals surface area contributed by atoms with Gasteiger partial charge in [0.05, 0.1) is 25.4 Å². The van der Waals surface area contributed by atoms with E-state index in [1.54, 1.807) is 6.08 Å². The van der Waals surface area contributed by atoms with Crippen molar-refractivity contribution < 1.29 is 28.4 Å². The number of phosphoric acid groups is 1. The molecule has 0 fully saturated rings. The molecule has 0 radical (unpaired) electrons. The summed E-state index contributed by atoms with van der Waals surface area (Å²) in [6, 6.07) is -0.884. The van der Waals surface area contributed by atoms with Crippen LogP contribution in [0, 0.1) is 0 Å². The molecule has 3 atom stereocenters. The fourth-order valence-electron chi connectivity index (χ4n) is 6.57. The van der Waals surface area contributed by atoms with Crippen LogP contribution in [0.3, 0.4) is 0 Å². The van der Waals surface area contributed by atoms with Crippen LogP contribution in [0.2, 0.25) is 0 Å². The van der Waals surface area contributed by atoms with Gasteiger partial charge < -0.3 is 21.1 Å². The summed E-state index contributed by atoms with van der Waals surface area (Å²) in [6.07, 6.45) is 53.1.